The van der Waals surface area contributed by atoms with Gasteiger partial charge in [-0.05, 0) is 55.0 Å². The number of hydrogen-bond acceptors (Lipinski definition) is 4. The maximum atomic E-state index is 12.1. The first-order chi connectivity index (χ1) is 14.1. The lowest BCUT2D eigenvalue weighted by molar-refractivity contribution is -0.124. The summed E-state index contributed by atoms with van der Waals surface area (Å²) in [7, 11) is 2.01. The van der Waals surface area contributed by atoms with Crippen molar-refractivity contribution in [3.05, 3.63) is 84.7 Å². The van der Waals surface area contributed by atoms with Crippen LogP contribution >= 0.6 is 0 Å². The van der Waals surface area contributed by atoms with Gasteiger partial charge in [-0.15, -0.1) is 0 Å². The third kappa shape index (κ3) is 5.97. The second-order valence-corrected chi connectivity index (χ2v) is 6.67. The molecule has 0 aliphatic rings. The topological polar surface area (TPSA) is 63.6 Å². The number of ether oxygens (including phenoxy) is 1. The molecular weight excluding hydrogens is 366 g/mol. The lowest BCUT2D eigenvalue weighted by atomic mass is 10.2. The van der Waals surface area contributed by atoms with E-state index < -0.39 is 5.97 Å². The fourth-order valence-corrected chi connectivity index (χ4v) is 2.90. The van der Waals surface area contributed by atoms with Gasteiger partial charge in [-0.25, -0.2) is 4.79 Å². The van der Waals surface area contributed by atoms with Crippen molar-refractivity contribution in [1.29, 1.82) is 0 Å². The molecule has 0 saturated heterocycles. The summed E-state index contributed by atoms with van der Waals surface area (Å²) in [6.45, 7) is 1.06. The van der Waals surface area contributed by atoms with Crippen LogP contribution < -0.4 is 10.2 Å². The summed E-state index contributed by atoms with van der Waals surface area (Å²) in [6.07, 6.45) is 4.65. The van der Waals surface area contributed by atoms with Crippen molar-refractivity contribution in [1.82, 2.24) is 9.88 Å². The third-order valence-corrected chi connectivity index (χ3v) is 4.53. The third-order valence-electron chi connectivity index (χ3n) is 4.53. The Balaban J connectivity index is 1.35. The molecule has 6 nitrogen and oxygen atoms in total. The van der Waals surface area contributed by atoms with E-state index in [1.807, 2.05) is 78.6 Å². The summed E-state index contributed by atoms with van der Waals surface area (Å²) in [5.74, 6) is -0.812. The predicted molar refractivity (Wildman–Crippen MR) is 113 cm³/mol. The molecule has 0 radical (unpaired) electrons. The summed E-state index contributed by atoms with van der Waals surface area (Å²) in [4.78, 5) is 26.1. The molecule has 2 aromatic carbocycles. The Kier molecular flexibility index (Phi) is 7.05. The number of amides is 1. The van der Waals surface area contributed by atoms with Crippen LogP contribution in [0.4, 0.5) is 5.69 Å². The number of aromatic nitrogens is 1. The van der Waals surface area contributed by atoms with Crippen molar-refractivity contribution in [2.75, 3.05) is 31.6 Å². The van der Waals surface area contributed by atoms with Crippen LogP contribution in [-0.4, -0.2) is 43.2 Å². The lowest BCUT2D eigenvalue weighted by Gasteiger charge is -2.19. The molecule has 0 saturated carbocycles. The van der Waals surface area contributed by atoms with Crippen molar-refractivity contribution in [3.8, 4) is 5.69 Å². The summed E-state index contributed by atoms with van der Waals surface area (Å²) < 4.78 is 7.04. The standard InChI is InChI=1S/C23H25N3O3/c1-25(20-8-3-2-4-9-20)15-7-14-24-22(27)18-29-23(28)19-10-12-21(13-11-19)26-16-5-6-17-26/h2-6,8-13,16-17H,7,14-15,18H2,1H3,(H,24,27). The Labute approximate surface area is 170 Å². The number of hydrogen-bond donors (Lipinski definition) is 1. The highest BCUT2D eigenvalue weighted by Gasteiger charge is 2.10. The van der Waals surface area contributed by atoms with Gasteiger partial charge in [0.05, 0.1) is 5.56 Å². The van der Waals surface area contributed by atoms with E-state index in [4.69, 9.17) is 4.74 Å². The van der Waals surface area contributed by atoms with E-state index in [2.05, 4.69) is 10.2 Å². The average Bonchev–Trinajstić information content (AvgIpc) is 3.30. The van der Waals surface area contributed by atoms with E-state index in [0.29, 0.717) is 12.1 Å². The summed E-state index contributed by atoms with van der Waals surface area (Å²) >= 11 is 0. The molecule has 1 aromatic heterocycles. The zero-order chi connectivity index (χ0) is 20.5. The van der Waals surface area contributed by atoms with Crippen molar-refractivity contribution in [2.45, 2.75) is 6.42 Å². The number of para-hydroxylation sites is 1. The molecule has 29 heavy (non-hydrogen) atoms. The van der Waals surface area contributed by atoms with Crippen LogP contribution in [0.15, 0.2) is 79.1 Å². The predicted octanol–water partition coefficient (Wildman–Crippen LogP) is 3.28. The molecule has 3 rings (SSSR count). The largest absolute Gasteiger partial charge is 0.452 e. The van der Waals surface area contributed by atoms with Crippen LogP contribution in [0.2, 0.25) is 0 Å². The number of carbonyl (C=O) groups excluding carboxylic acids is 2. The molecule has 0 unspecified atom stereocenters. The first-order valence-corrected chi connectivity index (χ1v) is 9.57. The SMILES string of the molecule is CN(CCCNC(=O)COC(=O)c1ccc(-n2cccc2)cc1)c1ccccc1. The van der Waals surface area contributed by atoms with Crippen molar-refractivity contribution in [2.24, 2.45) is 0 Å². The fraction of sp³-hybridized carbons (Fsp3) is 0.217. The zero-order valence-corrected chi connectivity index (χ0v) is 16.5. The van der Waals surface area contributed by atoms with Gasteiger partial charge in [0.15, 0.2) is 6.61 Å². The van der Waals surface area contributed by atoms with Gasteiger partial charge in [-0.2, -0.15) is 0 Å². The van der Waals surface area contributed by atoms with Gasteiger partial charge in [0.1, 0.15) is 0 Å². The molecule has 150 valence electrons. The molecule has 3 aromatic rings. The smallest absolute Gasteiger partial charge is 0.338 e. The summed E-state index contributed by atoms with van der Waals surface area (Å²) in [6, 6.07) is 21.0. The van der Waals surface area contributed by atoms with Crippen molar-refractivity contribution >= 4 is 17.6 Å². The van der Waals surface area contributed by atoms with E-state index in [9.17, 15) is 9.59 Å². The van der Waals surface area contributed by atoms with Crippen molar-refractivity contribution in [3.63, 3.8) is 0 Å². The van der Waals surface area contributed by atoms with Gasteiger partial charge in [-0.3, -0.25) is 4.79 Å². The summed E-state index contributed by atoms with van der Waals surface area (Å²) in [5.41, 5.74) is 2.50. The van der Waals surface area contributed by atoms with Crippen molar-refractivity contribution < 1.29 is 14.3 Å². The molecule has 0 atom stereocenters. The highest BCUT2D eigenvalue weighted by molar-refractivity contribution is 5.91. The molecule has 0 bridgehead atoms. The van der Waals surface area contributed by atoms with Crippen LogP contribution in [0.5, 0.6) is 0 Å². The van der Waals surface area contributed by atoms with E-state index in [-0.39, 0.29) is 12.5 Å². The molecule has 6 heteroatoms. The molecule has 1 heterocycles. The van der Waals surface area contributed by atoms with Gasteiger partial charge in [0.25, 0.3) is 5.91 Å². The number of benzene rings is 2. The van der Waals surface area contributed by atoms with Gasteiger partial charge in [0.2, 0.25) is 0 Å². The number of carbonyl (C=O) groups is 2. The highest BCUT2D eigenvalue weighted by atomic mass is 16.5. The fourth-order valence-electron chi connectivity index (χ4n) is 2.90. The van der Waals surface area contributed by atoms with Gasteiger partial charge < -0.3 is 19.5 Å². The maximum Gasteiger partial charge on any atom is 0.338 e. The Morgan fingerprint density at radius 3 is 2.34 bits per heavy atom. The average molecular weight is 391 g/mol. The van der Waals surface area contributed by atoms with E-state index in [1.165, 1.54) is 0 Å². The molecule has 1 N–H and O–H groups in total. The number of nitrogens with zero attached hydrogens (tertiary/aromatic N) is 2. The number of anilines is 1. The Bertz CT molecular complexity index is 906. The van der Waals surface area contributed by atoms with E-state index in [0.717, 1.165) is 24.3 Å². The Hall–Kier alpha value is -3.54. The normalized spacial score (nSPS) is 10.4. The summed E-state index contributed by atoms with van der Waals surface area (Å²) in [5, 5.41) is 2.78. The van der Waals surface area contributed by atoms with E-state index >= 15 is 0 Å². The number of esters is 1. The molecule has 0 aliphatic carbocycles. The van der Waals surface area contributed by atoms with Crippen LogP contribution in [0.1, 0.15) is 16.8 Å². The number of nitrogens with one attached hydrogen (secondary N) is 1. The van der Waals surface area contributed by atoms with Gasteiger partial charge >= 0.3 is 5.97 Å². The first kappa shape index (κ1) is 20.2. The molecule has 0 spiro atoms. The lowest BCUT2D eigenvalue weighted by Crippen LogP contribution is -2.31. The zero-order valence-electron chi connectivity index (χ0n) is 16.5. The first-order valence-electron chi connectivity index (χ1n) is 9.57. The highest BCUT2D eigenvalue weighted by Crippen LogP contribution is 2.11. The Morgan fingerprint density at radius 2 is 1.66 bits per heavy atom. The van der Waals surface area contributed by atoms with Crippen LogP contribution in [0, 0.1) is 0 Å². The Morgan fingerprint density at radius 1 is 0.966 bits per heavy atom. The minimum absolute atomic E-state index is 0.285. The molecule has 0 fully saturated rings. The monoisotopic (exact) mass is 391 g/mol. The van der Waals surface area contributed by atoms with Crippen LogP contribution in [0.25, 0.3) is 5.69 Å². The van der Waals surface area contributed by atoms with Gasteiger partial charge in [-0.1, -0.05) is 18.2 Å². The molecule has 0 aliphatic heterocycles. The quantitative estimate of drug-likeness (QED) is 0.449. The minimum Gasteiger partial charge on any atom is -0.452 e. The maximum absolute atomic E-state index is 12.1. The minimum atomic E-state index is -0.511. The van der Waals surface area contributed by atoms with Crippen LogP contribution in [0.3, 0.4) is 0 Å². The second kappa shape index (κ2) is 10.1. The van der Waals surface area contributed by atoms with E-state index in [1.54, 1.807) is 12.1 Å². The number of rotatable bonds is 9. The van der Waals surface area contributed by atoms with Crippen LogP contribution in [-0.2, 0) is 9.53 Å². The molecule has 1 amide bonds. The second-order valence-electron chi connectivity index (χ2n) is 6.67. The van der Waals surface area contributed by atoms with Gasteiger partial charge in [0, 0.05) is 43.9 Å². The molecular formula is C23H25N3O3.